The summed E-state index contributed by atoms with van der Waals surface area (Å²) in [7, 11) is -1.04. The SMILES string of the molecule is CO[P+](=O)OC[C@H](N)C(=O)O. The molecule has 0 bridgehead atoms. The summed E-state index contributed by atoms with van der Waals surface area (Å²) < 4.78 is 19.0. The molecule has 0 saturated carbocycles. The smallest absolute Gasteiger partial charge is 0.480 e. The topological polar surface area (TPSA) is 98.9 Å². The van der Waals surface area contributed by atoms with Gasteiger partial charge in [-0.15, -0.1) is 9.05 Å². The maximum Gasteiger partial charge on any atom is 0.697 e. The molecule has 2 atom stereocenters. The Morgan fingerprint density at radius 1 is 1.82 bits per heavy atom. The van der Waals surface area contributed by atoms with E-state index in [0.717, 1.165) is 0 Å². The van der Waals surface area contributed by atoms with E-state index in [2.05, 4.69) is 9.05 Å². The van der Waals surface area contributed by atoms with Gasteiger partial charge < -0.3 is 10.8 Å². The quantitative estimate of drug-likeness (QED) is 0.567. The second kappa shape index (κ2) is 5.15. The predicted molar refractivity (Wildman–Crippen MR) is 36.2 cm³/mol. The fourth-order valence-corrected chi connectivity index (χ4v) is 0.653. The van der Waals surface area contributed by atoms with Crippen molar-refractivity contribution in [2.45, 2.75) is 6.04 Å². The molecule has 0 fully saturated rings. The van der Waals surface area contributed by atoms with Gasteiger partial charge in [-0.25, -0.2) is 0 Å². The van der Waals surface area contributed by atoms with E-state index in [9.17, 15) is 9.36 Å². The van der Waals surface area contributed by atoms with Crippen LogP contribution in [0.25, 0.3) is 0 Å². The number of hydrogen-bond donors (Lipinski definition) is 2. The van der Waals surface area contributed by atoms with Gasteiger partial charge in [0.2, 0.25) is 0 Å². The van der Waals surface area contributed by atoms with Gasteiger partial charge in [0.1, 0.15) is 12.6 Å². The van der Waals surface area contributed by atoms with E-state index >= 15 is 0 Å². The number of rotatable bonds is 5. The van der Waals surface area contributed by atoms with Crippen molar-refractivity contribution in [1.82, 2.24) is 0 Å². The molecule has 7 heteroatoms. The number of nitrogens with two attached hydrogens (primary N) is 1. The Hall–Kier alpha value is -0.550. The standard InChI is InChI=1S/C4H8NO5P/c1-9-11(8)10-2-3(5)4(6)7/h3H,2,5H2,1H3/p+1/t3-/m0/s1. The summed E-state index contributed by atoms with van der Waals surface area (Å²) in [5.74, 6) is -1.20. The van der Waals surface area contributed by atoms with E-state index in [1.54, 1.807) is 0 Å². The first-order valence-electron chi connectivity index (χ1n) is 2.70. The highest BCUT2D eigenvalue weighted by atomic mass is 31.1. The Morgan fingerprint density at radius 2 is 2.36 bits per heavy atom. The molecule has 11 heavy (non-hydrogen) atoms. The van der Waals surface area contributed by atoms with Crippen LogP contribution in [0.5, 0.6) is 0 Å². The molecule has 1 unspecified atom stereocenters. The fraction of sp³-hybridized carbons (Fsp3) is 0.750. The normalized spacial score (nSPS) is 14.2. The van der Waals surface area contributed by atoms with Crippen LogP contribution in [0.15, 0.2) is 0 Å². The molecule has 6 nitrogen and oxygen atoms in total. The summed E-state index contributed by atoms with van der Waals surface area (Å²) in [6.07, 6.45) is 0. The second-order valence-corrected chi connectivity index (χ2v) is 2.72. The van der Waals surface area contributed by atoms with Crippen molar-refractivity contribution in [3.05, 3.63) is 0 Å². The first-order chi connectivity index (χ1) is 5.07. The van der Waals surface area contributed by atoms with E-state index in [1.807, 2.05) is 0 Å². The van der Waals surface area contributed by atoms with E-state index < -0.39 is 20.3 Å². The number of aliphatic carboxylic acids is 1. The zero-order valence-corrected chi connectivity index (χ0v) is 6.78. The van der Waals surface area contributed by atoms with Gasteiger partial charge in [0, 0.05) is 4.57 Å². The average molecular weight is 182 g/mol. The van der Waals surface area contributed by atoms with Crippen LogP contribution >= 0.6 is 8.25 Å². The Labute approximate surface area is 64.2 Å². The molecular formula is C4H9NO5P+. The Balaban J connectivity index is 3.54. The zero-order valence-electron chi connectivity index (χ0n) is 5.89. The highest BCUT2D eigenvalue weighted by Gasteiger charge is 2.22. The first-order valence-corrected chi connectivity index (χ1v) is 3.80. The molecule has 0 aliphatic heterocycles. The molecular weight excluding hydrogens is 173 g/mol. The molecule has 0 spiro atoms. The third-order valence-corrected chi connectivity index (χ3v) is 1.48. The van der Waals surface area contributed by atoms with Crippen LogP contribution in [0, 0.1) is 0 Å². The molecule has 0 aliphatic carbocycles. The van der Waals surface area contributed by atoms with Crippen molar-refractivity contribution in [3.63, 3.8) is 0 Å². The van der Waals surface area contributed by atoms with Crippen LogP contribution in [-0.4, -0.2) is 30.8 Å². The van der Waals surface area contributed by atoms with Crippen LogP contribution in [-0.2, 0) is 18.4 Å². The molecule has 0 heterocycles. The van der Waals surface area contributed by atoms with Crippen molar-refractivity contribution in [2.24, 2.45) is 5.73 Å². The summed E-state index contributed by atoms with van der Waals surface area (Å²) in [6, 6.07) is -1.16. The van der Waals surface area contributed by atoms with Crippen molar-refractivity contribution in [2.75, 3.05) is 13.7 Å². The third-order valence-electron chi connectivity index (χ3n) is 0.826. The average Bonchev–Trinajstić information content (AvgIpc) is 1.99. The maximum atomic E-state index is 10.4. The number of carboxylic acid groups (broad SMARTS) is 1. The van der Waals surface area contributed by atoms with Gasteiger partial charge in [-0.1, -0.05) is 0 Å². The lowest BCUT2D eigenvalue weighted by Crippen LogP contribution is -2.34. The summed E-state index contributed by atoms with van der Waals surface area (Å²) in [5, 5.41) is 8.23. The summed E-state index contributed by atoms with van der Waals surface area (Å²) in [6.45, 7) is -0.321. The number of carbonyl (C=O) groups is 1. The molecule has 3 N–H and O–H groups in total. The van der Waals surface area contributed by atoms with E-state index in [1.165, 1.54) is 7.11 Å². The molecule has 0 rings (SSSR count). The monoisotopic (exact) mass is 182 g/mol. The van der Waals surface area contributed by atoms with Crippen molar-refractivity contribution >= 4 is 14.2 Å². The molecule has 0 aromatic carbocycles. The summed E-state index contributed by atoms with van der Waals surface area (Å²) in [4.78, 5) is 10.1. The van der Waals surface area contributed by atoms with Gasteiger partial charge in [-0.05, 0) is 0 Å². The number of carboxylic acids is 1. The molecule has 0 aromatic heterocycles. The van der Waals surface area contributed by atoms with E-state index in [-0.39, 0.29) is 6.61 Å². The van der Waals surface area contributed by atoms with Crippen molar-refractivity contribution in [1.29, 1.82) is 0 Å². The Bertz CT molecular complexity index is 161. The Kier molecular flexibility index (Phi) is 4.89. The van der Waals surface area contributed by atoms with Gasteiger partial charge >= 0.3 is 14.2 Å². The van der Waals surface area contributed by atoms with Gasteiger partial charge in [0.05, 0.1) is 7.11 Å². The minimum absolute atomic E-state index is 0.321. The lowest BCUT2D eigenvalue weighted by molar-refractivity contribution is -0.139. The lowest BCUT2D eigenvalue weighted by atomic mass is 10.3. The van der Waals surface area contributed by atoms with Crippen LogP contribution in [0.4, 0.5) is 0 Å². The van der Waals surface area contributed by atoms with Crippen LogP contribution in [0.3, 0.4) is 0 Å². The predicted octanol–water partition coefficient (Wildman–Crippen LogP) is -0.281. The molecule has 0 aromatic rings. The minimum atomic E-state index is -2.23. The van der Waals surface area contributed by atoms with Crippen LogP contribution in [0.1, 0.15) is 0 Å². The van der Waals surface area contributed by atoms with Crippen molar-refractivity contribution < 1.29 is 23.5 Å². The van der Waals surface area contributed by atoms with Gasteiger partial charge in [0.25, 0.3) is 0 Å². The summed E-state index contributed by atoms with van der Waals surface area (Å²) in [5.41, 5.74) is 5.01. The number of hydrogen-bond acceptors (Lipinski definition) is 5. The van der Waals surface area contributed by atoms with E-state index in [0.29, 0.717) is 0 Å². The van der Waals surface area contributed by atoms with Crippen molar-refractivity contribution in [3.8, 4) is 0 Å². The second-order valence-electron chi connectivity index (χ2n) is 1.65. The fourth-order valence-electron chi connectivity index (χ4n) is 0.265. The highest BCUT2D eigenvalue weighted by molar-refractivity contribution is 7.33. The zero-order chi connectivity index (χ0) is 8.85. The van der Waals surface area contributed by atoms with Gasteiger partial charge in [-0.2, -0.15) is 0 Å². The summed E-state index contributed by atoms with van der Waals surface area (Å²) >= 11 is 0. The lowest BCUT2D eigenvalue weighted by Gasteiger charge is -1.97. The minimum Gasteiger partial charge on any atom is -0.480 e. The molecule has 64 valence electrons. The van der Waals surface area contributed by atoms with E-state index in [4.69, 9.17) is 10.8 Å². The third kappa shape index (κ3) is 4.80. The van der Waals surface area contributed by atoms with Crippen LogP contribution in [0.2, 0.25) is 0 Å². The first kappa shape index (κ1) is 10.4. The van der Waals surface area contributed by atoms with Crippen LogP contribution < -0.4 is 5.73 Å². The largest absolute Gasteiger partial charge is 0.697 e. The van der Waals surface area contributed by atoms with Gasteiger partial charge in [0.15, 0.2) is 0 Å². The Morgan fingerprint density at radius 3 is 2.73 bits per heavy atom. The molecule has 0 aliphatic rings. The molecule has 0 amide bonds. The molecule has 0 radical (unpaired) electrons. The maximum absolute atomic E-state index is 10.4. The molecule has 0 saturated heterocycles. The highest BCUT2D eigenvalue weighted by Crippen LogP contribution is 2.21. The van der Waals surface area contributed by atoms with Gasteiger partial charge in [-0.3, -0.25) is 4.79 Å².